The number of ether oxygens (including phenoxy) is 2. The van der Waals surface area contributed by atoms with Gasteiger partial charge in [-0.2, -0.15) is 0 Å². The van der Waals surface area contributed by atoms with Gasteiger partial charge in [-0.25, -0.2) is 9.59 Å². The van der Waals surface area contributed by atoms with Crippen molar-refractivity contribution in [3.05, 3.63) is 12.8 Å². The fourth-order valence-corrected chi connectivity index (χ4v) is 0.770. The number of aliphatic carboxylic acids is 1. The van der Waals surface area contributed by atoms with Gasteiger partial charge in [0.05, 0.1) is 6.26 Å². The Hall–Kier alpha value is -1.60. The largest absolute Gasteiger partial charge is 0.498 e. The number of hydrogen-bond donors (Lipinski definition) is 3. The van der Waals surface area contributed by atoms with Gasteiger partial charge >= 0.3 is 11.9 Å². The maximum absolute atomic E-state index is 11.1. The van der Waals surface area contributed by atoms with E-state index in [2.05, 4.69) is 11.3 Å². The van der Waals surface area contributed by atoms with Crippen molar-refractivity contribution in [2.24, 2.45) is 0 Å². The van der Waals surface area contributed by atoms with Crippen LogP contribution in [-0.4, -0.2) is 52.2 Å². The monoisotopic (exact) mass is 234 g/mol. The lowest BCUT2D eigenvalue weighted by molar-refractivity contribution is -0.174. The van der Waals surface area contributed by atoms with E-state index in [1.807, 2.05) is 0 Å². The Balaban J connectivity index is 4.14. The molecule has 0 aromatic rings. The van der Waals surface area contributed by atoms with Gasteiger partial charge in [-0.1, -0.05) is 6.58 Å². The Morgan fingerprint density at radius 1 is 1.38 bits per heavy atom. The molecule has 0 heterocycles. The van der Waals surface area contributed by atoms with Crippen LogP contribution in [0.15, 0.2) is 12.8 Å². The van der Waals surface area contributed by atoms with E-state index < -0.39 is 30.3 Å². The van der Waals surface area contributed by atoms with Gasteiger partial charge in [0.25, 0.3) is 0 Å². The van der Waals surface area contributed by atoms with Crippen LogP contribution in [0.2, 0.25) is 0 Å². The molecule has 92 valence electrons. The maximum atomic E-state index is 11.1. The first-order chi connectivity index (χ1) is 7.40. The second-order valence-corrected chi connectivity index (χ2v) is 2.98. The average Bonchev–Trinajstić information content (AvgIpc) is 2.23. The van der Waals surface area contributed by atoms with Crippen LogP contribution in [0.4, 0.5) is 0 Å². The van der Waals surface area contributed by atoms with Crippen molar-refractivity contribution in [1.29, 1.82) is 0 Å². The molecule has 0 aliphatic carbocycles. The van der Waals surface area contributed by atoms with Crippen molar-refractivity contribution in [3.63, 3.8) is 0 Å². The van der Waals surface area contributed by atoms with Crippen LogP contribution in [0.1, 0.15) is 6.92 Å². The van der Waals surface area contributed by atoms with Crippen molar-refractivity contribution < 1.29 is 34.4 Å². The molecule has 3 atom stereocenters. The van der Waals surface area contributed by atoms with Crippen LogP contribution in [-0.2, 0) is 19.1 Å². The SMILES string of the molecule is C=COCC(C)OC(=O)C(O)C(O)C(=O)O. The van der Waals surface area contributed by atoms with Crippen molar-refractivity contribution in [2.45, 2.75) is 25.2 Å². The molecule has 0 rings (SSSR count). The minimum atomic E-state index is -2.21. The fraction of sp³-hybridized carbons (Fsp3) is 0.556. The number of aliphatic hydroxyl groups excluding tert-OH is 2. The van der Waals surface area contributed by atoms with Gasteiger partial charge in [-0.3, -0.25) is 0 Å². The Kier molecular flexibility index (Phi) is 6.12. The molecule has 0 aromatic heterocycles. The zero-order chi connectivity index (χ0) is 12.7. The van der Waals surface area contributed by atoms with Crippen molar-refractivity contribution >= 4 is 11.9 Å². The number of carbonyl (C=O) groups excluding carboxylic acids is 1. The van der Waals surface area contributed by atoms with E-state index in [0.29, 0.717) is 0 Å². The highest BCUT2D eigenvalue weighted by atomic mass is 16.6. The van der Waals surface area contributed by atoms with Crippen LogP contribution in [0.25, 0.3) is 0 Å². The molecule has 0 amide bonds. The predicted molar refractivity (Wildman–Crippen MR) is 51.4 cm³/mol. The molecule has 7 nitrogen and oxygen atoms in total. The molecule has 0 spiro atoms. The van der Waals surface area contributed by atoms with Gasteiger partial charge in [-0.15, -0.1) is 0 Å². The third-order valence-electron chi connectivity index (χ3n) is 1.56. The third kappa shape index (κ3) is 4.76. The van der Waals surface area contributed by atoms with Crippen molar-refractivity contribution in [1.82, 2.24) is 0 Å². The summed E-state index contributed by atoms with van der Waals surface area (Å²) in [5.74, 6) is -2.94. The van der Waals surface area contributed by atoms with E-state index in [1.54, 1.807) is 0 Å². The smallest absolute Gasteiger partial charge is 0.338 e. The van der Waals surface area contributed by atoms with Gasteiger partial charge in [0.1, 0.15) is 12.7 Å². The van der Waals surface area contributed by atoms with Gasteiger partial charge < -0.3 is 24.8 Å². The predicted octanol–water partition coefficient (Wildman–Crippen LogP) is -1.12. The van der Waals surface area contributed by atoms with Crippen LogP contribution >= 0.6 is 0 Å². The Morgan fingerprint density at radius 3 is 2.38 bits per heavy atom. The first-order valence-electron chi connectivity index (χ1n) is 4.42. The quantitative estimate of drug-likeness (QED) is 0.378. The van der Waals surface area contributed by atoms with Gasteiger partial charge in [0, 0.05) is 0 Å². The first-order valence-corrected chi connectivity index (χ1v) is 4.42. The molecule has 0 fully saturated rings. The minimum absolute atomic E-state index is 0.0190. The molecule has 0 saturated heterocycles. The lowest BCUT2D eigenvalue weighted by Crippen LogP contribution is -2.42. The van der Waals surface area contributed by atoms with E-state index in [4.69, 9.17) is 20.1 Å². The maximum Gasteiger partial charge on any atom is 0.338 e. The van der Waals surface area contributed by atoms with E-state index in [0.717, 1.165) is 6.26 Å². The normalized spacial score (nSPS) is 15.7. The minimum Gasteiger partial charge on any atom is -0.498 e. The Labute approximate surface area is 91.9 Å². The van der Waals surface area contributed by atoms with Gasteiger partial charge in [0.2, 0.25) is 0 Å². The summed E-state index contributed by atoms with van der Waals surface area (Å²) in [6.07, 6.45) is -3.88. The number of aliphatic hydroxyl groups is 2. The molecule has 0 aliphatic heterocycles. The summed E-state index contributed by atoms with van der Waals surface area (Å²) in [6, 6.07) is 0. The molecule has 16 heavy (non-hydrogen) atoms. The van der Waals surface area contributed by atoms with Crippen molar-refractivity contribution in [3.8, 4) is 0 Å². The summed E-state index contributed by atoms with van der Waals surface area (Å²) in [4.78, 5) is 21.3. The number of carbonyl (C=O) groups is 2. The molecule has 3 unspecified atom stereocenters. The number of carboxylic acid groups (broad SMARTS) is 1. The molecule has 3 N–H and O–H groups in total. The summed E-state index contributed by atoms with van der Waals surface area (Å²) >= 11 is 0. The average molecular weight is 234 g/mol. The highest BCUT2D eigenvalue weighted by Crippen LogP contribution is 2.01. The second kappa shape index (κ2) is 6.81. The number of hydrogen-bond acceptors (Lipinski definition) is 6. The summed E-state index contributed by atoms with van der Waals surface area (Å²) in [6.45, 7) is 4.76. The van der Waals surface area contributed by atoms with Crippen LogP contribution < -0.4 is 0 Å². The molecular weight excluding hydrogens is 220 g/mol. The summed E-state index contributed by atoms with van der Waals surface area (Å²) in [5, 5.41) is 26.2. The third-order valence-corrected chi connectivity index (χ3v) is 1.56. The van der Waals surface area contributed by atoms with Crippen LogP contribution in [0, 0.1) is 0 Å². The topological polar surface area (TPSA) is 113 Å². The van der Waals surface area contributed by atoms with E-state index in [1.165, 1.54) is 6.92 Å². The molecule has 0 aliphatic rings. The molecule has 7 heteroatoms. The zero-order valence-electron chi connectivity index (χ0n) is 8.70. The molecule has 0 radical (unpaired) electrons. The summed E-state index contributed by atoms with van der Waals surface area (Å²) in [7, 11) is 0. The van der Waals surface area contributed by atoms with E-state index in [-0.39, 0.29) is 6.61 Å². The highest BCUT2D eigenvalue weighted by molar-refractivity contribution is 5.84. The molecular formula is C9H14O7. The van der Waals surface area contributed by atoms with Crippen molar-refractivity contribution in [2.75, 3.05) is 6.61 Å². The molecule has 0 aromatic carbocycles. The number of rotatable bonds is 7. The van der Waals surface area contributed by atoms with Crippen LogP contribution in [0.5, 0.6) is 0 Å². The summed E-state index contributed by atoms with van der Waals surface area (Å²) in [5.41, 5.74) is 0. The highest BCUT2D eigenvalue weighted by Gasteiger charge is 2.32. The molecule has 0 saturated carbocycles. The number of esters is 1. The number of carboxylic acids is 1. The van der Waals surface area contributed by atoms with Crippen LogP contribution in [0.3, 0.4) is 0 Å². The molecule has 0 bridgehead atoms. The summed E-state index contributed by atoms with van der Waals surface area (Å²) < 4.78 is 9.31. The lowest BCUT2D eigenvalue weighted by Gasteiger charge is -2.17. The van der Waals surface area contributed by atoms with Gasteiger partial charge in [0.15, 0.2) is 12.2 Å². The zero-order valence-corrected chi connectivity index (χ0v) is 8.70. The fourth-order valence-electron chi connectivity index (χ4n) is 0.770. The van der Waals surface area contributed by atoms with Gasteiger partial charge in [-0.05, 0) is 6.92 Å². The second-order valence-electron chi connectivity index (χ2n) is 2.98. The first kappa shape index (κ1) is 14.4. The lowest BCUT2D eigenvalue weighted by atomic mass is 10.2. The van der Waals surface area contributed by atoms with E-state index in [9.17, 15) is 9.59 Å². The Bertz CT molecular complexity index is 263. The van der Waals surface area contributed by atoms with E-state index >= 15 is 0 Å². The standard InChI is InChI=1S/C9H14O7/c1-3-15-4-5(2)16-9(14)7(11)6(10)8(12)13/h3,5-7,10-11H,1,4H2,2H3,(H,12,13). The Morgan fingerprint density at radius 2 is 1.94 bits per heavy atom.